The maximum Gasteiger partial charge on any atom is 0.0802 e. The Hall–Kier alpha value is -0.570. The van der Waals surface area contributed by atoms with E-state index in [1.54, 1.807) is 0 Å². The fourth-order valence-electron chi connectivity index (χ4n) is 2.79. The summed E-state index contributed by atoms with van der Waals surface area (Å²) < 4.78 is 0. The molecule has 0 bridgehead atoms. The van der Waals surface area contributed by atoms with Crippen molar-refractivity contribution in [3.63, 3.8) is 0 Å². The van der Waals surface area contributed by atoms with Gasteiger partial charge in [-0.1, -0.05) is 30.7 Å². The molecule has 0 saturated carbocycles. The summed E-state index contributed by atoms with van der Waals surface area (Å²) in [5, 5.41) is 10.9. The molecule has 2 atom stereocenters. The van der Waals surface area contributed by atoms with Crippen LogP contribution in [0.3, 0.4) is 0 Å². The minimum atomic E-state index is -0.375. The number of hydrogen-bond acceptors (Lipinski definition) is 2. The maximum absolute atomic E-state index is 10.2. The van der Waals surface area contributed by atoms with Gasteiger partial charge in [0.1, 0.15) is 0 Å². The van der Waals surface area contributed by atoms with Crippen LogP contribution in [0.1, 0.15) is 44.3 Å². The third-order valence-electron chi connectivity index (χ3n) is 3.91. The molecule has 0 radical (unpaired) electrons. The predicted molar refractivity (Wildman–Crippen MR) is 75.9 cm³/mol. The Labute approximate surface area is 115 Å². The lowest BCUT2D eigenvalue weighted by Gasteiger charge is -2.24. The van der Waals surface area contributed by atoms with Crippen LogP contribution in [-0.2, 0) is 0 Å². The van der Waals surface area contributed by atoms with Crippen molar-refractivity contribution in [3.05, 3.63) is 34.9 Å². The van der Waals surface area contributed by atoms with Gasteiger partial charge in [-0.05, 0) is 49.9 Å². The molecule has 1 aliphatic heterocycles. The largest absolute Gasteiger partial charge is 0.388 e. The van der Waals surface area contributed by atoms with Crippen LogP contribution in [0.25, 0.3) is 0 Å². The van der Waals surface area contributed by atoms with Crippen molar-refractivity contribution in [3.8, 4) is 0 Å². The number of likely N-dealkylation sites (tertiary alicyclic amines) is 1. The van der Waals surface area contributed by atoms with Crippen molar-refractivity contribution >= 4 is 11.6 Å². The van der Waals surface area contributed by atoms with Gasteiger partial charge in [-0.3, -0.25) is 0 Å². The van der Waals surface area contributed by atoms with Gasteiger partial charge in [0.05, 0.1) is 6.10 Å². The van der Waals surface area contributed by atoms with E-state index in [4.69, 9.17) is 11.6 Å². The Kier molecular flexibility index (Phi) is 5.04. The number of aliphatic hydroxyl groups is 1. The SMILES string of the molecule is CCC1CCCN1CCC(O)c1ccc(Cl)cc1. The minimum Gasteiger partial charge on any atom is -0.388 e. The summed E-state index contributed by atoms with van der Waals surface area (Å²) in [4.78, 5) is 2.51. The molecule has 1 N–H and O–H groups in total. The molecule has 1 heterocycles. The molecule has 3 heteroatoms. The van der Waals surface area contributed by atoms with Crippen molar-refractivity contribution in [2.45, 2.75) is 44.8 Å². The van der Waals surface area contributed by atoms with E-state index in [1.807, 2.05) is 24.3 Å². The van der Waals surface area contributed by atoms with Gasteiger partial charge in [-0.15, -0.1) is 0 Å². The molecule has 1 aromatic carbocycles. The highest BCUT2D eigenvalue weighted by Gasteiger charge is 2.23. The normalized spacial score (nSPS) is 22.3. The van der Waals surface area contributed by atoms with E-state index in [0.29, 0.717) is 0 Å². The van der Waals surface area contributed by atoms with E-state index in [0.717, 1.165) is 29.6 Å². The molecule has 1 fully saturated rings. The van der Waals surface area contributed by atoms with Gasteiger partial charge in [0.2, 0.25) is 0 Å². The van der Waals surface area contributed by atoms with Gasteiger partial charge in [-0.2, -0.15) is 0 Å². The number of halogens is 1. The van der Waals surface area contributed by atoms with Crippen molar-refractivity contribution in [1.29, 1.82) is 0 Å². The van der Waals surface area contributed by atoms with Crippen LogP contribution < -0.4 is 0 Å². The molecule has 2 unspecified atom stereocenters. The summed E-state index contributed by atoms with van der Waals surface area (Å²) in [6.45, 7) is 4.42. The second kappa shape index (κ2) is 6.55. The van der Waals surface area contributed by atoms with E-state index in [9.17, 15) is 5.11 Å². The lowest BCUT2D eigenvalue weighted by Crippen LogP contribution is -2.30. The zero-order valence-corrected chi connectivity index (χ0v) is 11.7. The Morgan fingerprint density at radius 1 is 1.39 bits per heavy atom. The van der Waals surface area contributed by atoms with Crippen LogP contribution in [0.2, 0.25) is 5.02 Å². The van der Waals surface area contributed by atoms with Crippen molar-refractivity contribution in [1.82, 2.24) is 4.90 Å². The fourth-order valence-corrected chi connectivity index (χ4v) is 2.92. The highest BCUT2D eigenvalue weighted by Crippen LogP contribution is 2.23. The highest BCUT2D eigenvalue weighted by atomic mass is 35.5. The Morgan fingerprint density at radius 3 is 2.78 bits per heavy atom. The molecule has 18 heavy (non-hydrogen) atoms. The van der Waals surface area contributed by atoms with Crippen molar-refractivity contribution < 1.29 is 5.11 Å². The van der Waals surface area contributed by atoms with Gasteiger partial charge >= 0.3 is 0 Å². The quantitative estimate of drug-likeness (QED) is 0.881. The summed E-state index contributed by atoms with van der Waals surface area (Å²) in [5.41, 5.74) is 0.964. The van der Waals surface area contributed by atoms with E-state index < -0.39 is 0 Å². The summed E-state index contributed by atoms with van der Waals surface area (Å²) in [5.74, 6) is 0. The Balaban J connectivity index is 1.84. The Morgan fingerprint density at radius 2 is 2.11 bits per heavy atom. The topological polar surface area (TPSA) is 23.5 Å². The summed E-state index contributed by atoms with van der Waals surface area (Å²) in [7, 11) is 0. The van der Waals surface area contributed by atoms with E-state index in [1.165, 1.54) is 25.8 Å². The molecular formula is C15H22ClNO. The smallest absolute Gasteiger partial charge is 0.0802 e. The Bertz CT molecular complexity index is 365. The third-order valence-corrected chi connectivity index (χ3v) is 4.17. The molecule has 2 rings (SSSR count). The van der Waals surface area contributed by atoms with Crippen molar-refractivity contribution in [2.75, 3.05) is 13.1 Å². The average molecular weight is 268 g/mol. The first-order valence-corrected chi connectivity index (χ1v) is 7.26. The second-order valence-corrected chi connectivity index (χ2v) is 5.53. The van der Waals surface area contributed by atoms with Crippen LogP contribution in [0, 0.1) is 0 Å². The monoisotopic (exact) mass is 267 g/mol. The number of nitrogens with zero attached hydrogens (tertiary/aromatic N) is 1. The van der Waals surface area contributed by atoms with Crippen LogP contribution in [-0.4, -0.2) is 29.1 Å². The third kappa shape index (κ3) is 3.47. The molecule has 1 aromatic rings. The lowest BCUT2D eigenvalue weighted by atomic mass is 10.1. The standard InChI is InChI=1S/C15H22ClNO/c1-2-14-4-3-10-17(14)11-9-15(18)12-5-7-13(16)8-6-12/h5-8,14-15,18H,2-4,9-11H2,1H3. The van der Waals surface area contributed by atoms with E-state index in [-0.39, 0.29) is 6.10 Å². The van der Waals surface area contributed by atoms with Gasteiger partial charge in [0.15, 0.2) is 0 Å². The molecule has 0 amide bonds. The minimum absolute atomic E-state index is 0.375. The number of benzene rings is 1. The average Bonchev–Trinajstić information content (AvgIpc) is 2.84. The summed E-state index contributed by atoms with van der Waals surface area (Å²) in [6, 6.07) is 8.22. The second-order valence-electron chi connectivity index (χ2n) is 5.10. The first kappa shape index (κ1) is 13.9. The molecule has 100 valence electrons. The first-order valence-electron chi connectivity index (χ1n) is 6.88. The zero-order chi connectivity index (χ0) is 13.0. The molecule has 0 aromatic heterocycles. The molecule has 2 nitrogen and oxygen atoms in total. The number of rotatable bonds is 5. The number of aliphatic hydroxyl groups excluding tert-OH is 1. The number of hydrogen-bond donors (Lipinski definition) is 1. The van der Waals surface area contributed by atoms with Crippen LogP contribution in [0.4, 0.5) is 0 Å². The molecule has 0 aliphatic carbocycles. The van der Waals surface area contributed by atoms with Gasteiger partial charge in [-0.25, -0.2) is 0 Å². The highest BCUT2D eigenvalue weighted by molar-refractivity contribution is 6.30. The van der Waals surface area contributed by atoms with Crippen LogP contribution >= 0.6 is 11.6 Å². The summed E-state index contributed by atoms with van der Waals surface area (Å²) >= 11 is 5.85. The molecule has 0 spiro atoms. The van der Waals surface area contributed by atoms with E-state index in [2.05, 4.69) is 11.8 Å². The molecule has 1 aliphatic rings. The van der Waals surface area contributed by atoms with Crippen LogP contribution in [0.5, 0.6) is 0 Å². The van der Waals surface area contributed by atoms with Crippen LogP contribution in [0.15, 0.2) is 24.3 Å². The zero-order valence-electron chi connectivity index (χ0n) is 11.0. The maximum atomic E-state index is 10.2. The van der Waals surface area contributed by atoms with Gasteiger partial charge in [0, 0.05) is 17.6 Å². The van der Waals surface area contributed by atoms with E-state index >= 15 is 0 Å². The van der Waals surface area contributed by atoms with Gasteiger partial charge in [0.25, 0.3) is 0 Å². The first-order chi connectivity index (χ1) is 8.70. The molecular weight excluding hydrogens is 246 g/mol. The fraction of sp³-hybridized carbons (Fsp3) is 0.600. The lowest BCUT2D eigenvalue weighted by molar-refractivity contribution is 0.137. The predicted octanol–water partition coefficient (Wildman–Crippen LogP) is 3.64. The van der Waals surface area contributed by atoms with Gasteiger partial charge < -0.3 is 10.0 Å². The molecule has 1 saturated heterocycles. The van der Waals surface area contributed by atoms with Crippen molar-refractivity contribution in [2.24, 2.45) is 0 Å². The summed E-state index contributed by atoms with van der Waals surface area (Å²) in [6.07, 6.45) is 4.26.